The predicted octanol–water partition coefficient (Wildman–Crippen LogP) is 5.53. The summed E-state index contributed by atoms with van der Waals surface area (Å²) in [7, 11) is 4.88. The molecule has 2 aromatic carbocycles. The number of rotatable bonds is 9. The van der Waals surface area contributed by atoms with E-state index in [2.05, 4.69) is 5.32 Å². The number of nitrogens with zero attached hydrogens (tertiary/aromatic N) is 2. The third kappa shape index (κ3) is 10.3. The molecule has 3 aliphatic rings. The van der Waals surface area contributed by atoms with Crippen molar-refractivity contribution in [3.63, 3.8) is 0 Å². The first-order valence-electron chi connectivity index (χ1n) is 20.6. The van der Waals surface area contributed by atoms with Crippen LogP contribution in [0.1, 0.15) is 84.2 Å². The van der Waals surface area contributed by atoms with E-state index >= 15 is 0 Å². The normalized spacial score (nSPS) is 29.3. The molecule has 0 saturated carbocycles. The third-order valence-electron chi connectivity index (χ3n) is 11.7. The van der Waals surface area contributed by atoms with Gasteiger partial charge in [-0.05, 0) is 26.3 Å². The molecule has 0 fully saturated rings. The minimum atomic E-state index is -2.03. The first-order chi connectivity index (χ1) is 28.6. The summed E-state index contributed by atoms with van der Waals surface area (Å²) in [6.45, 7) is 14.5. The Morgan fingerprint density at radius 3 is 2.25 bits per heavy atom. The van der Waals surface area contributed by atoms with Crippen molar-refractivity contribution in [2.24, 2.45) is 23.7 Å². The molecule has 3 aliphatic heterocycles. The Balaban J connectivity index is 1.94. The summed E-state index contributed by atoms with van der Waals surface area (Å²) >= 11 is 0. The lowest BCUT2D eigenvalue weighted by molar-refractivity contribution is -0.160. The highest BCUT2D eigenvalue weighted by atomic mass is 16.7. The average molecular weight is 854 g/mol. The number of aliphatic hydroxyl groups excluding tert-OH is 2. The number of hydrogen-bond donors (Lipinski definition) is 5. The maximum Gasteiger partial charge on any atom is 0.312 e. The van der Waals surface area contributed by atoms with Crippen molar-refractivity contribution >= 4 is 40.0 Å². The zero-order valence-electron chi connectivity index (χ0n) is 37.3. The number of ether oxygens (including phenoxy) is 5. The van der Waals surface area contributed by atoms with Crippen molar-refractivity contribution in [3.8, 4) is 23.0 Å². The molecule has 5 bridgehead atoms. The number of amides is 2. The third-order valence-corrected chi connectivity index (χ3v) is 11.7. The summed E-state index contributed by atoms with van der Waals surface area (Å²) < 4.78 is 29.9. The van der Waals surface area contributed by atoms with Gasteiger partial charge in [0, 0.05) is 87.9 Å². The molecule has 16 heteroatoms. The van der Waals surface area contributed by atoms with E-state index in [0.29, 0.717) is 6.54 Å². The molecular weight excluding hydrogens is 791 g/mol. The van der Waals surface area contributed by atoms with E-state index < -0.39 is 95.5 Å². The van der Waals surface area contributed by atoms with Gasteiger partial charge in [-0.1, -0.05) is 59.3 Å². The van der Waals surface area contributed by atoms with Crippen LogP contribution in [0, 0.1) is 30.6 Å². The second-order valence-electron chi connectivity index (χ2n) is 16.4. The number of aliphatic hydroxyl groups is 2. The number of aromatic hydroxyl groups is 2. The number of carbonyl (C=O) groups excluding carboxylic acids is 4. The number of hydrogen-bond acceptors (Lipinski definition) is 14. The van der Waals surface area contributed by atoms with Crippen LogP contribution in [-0.2, 0) is 28.6 Å². The van der Waals surface area contributed by atoms with Crippen LogP contribution in [0.2, 0.25) is 0 Å². The molecule has 5 rings (SSSR count). The summed E-state index contributed by atoms with van der Waals surface area (Å²) in [6, 6.07) is 1.27. The van der Waals surface area contributed by atoms with Gasteiger partial charge in [-0.2, -0.15) is 0 Å². The Morgan fingerprint density at radius 1 is 0.967 bits per heavy atom. The number of unbranched alkanes of at least 4 members (excludes halogenated alkanes) is 1. The topological polar surface area (TPSA) is 214 Å². The minimum Gasteiger partial charge on any atom is -0.507 e. The lowest BCUT2D eigenvalue weighted by Crippen LogP contribution is -2.46. The Kier molecular flexibility index (Phi) is 16.0. The summed E-state index contributed by atoms with van der Waals surface area (Å²) in [5, 5.41) is 51.7. The van der Waals surface area contributed by atoms with Gasteiger partial charge >= 0.3 is 11.8 Å². The number of phenols is 2. The standard InChI is InChI=1S/C45H63N3O13/c1-13-14-19-48(47(10)11)33(50)22-58-32-21-30-40(54)35-34(32)36-42(28(7)39(35)53)61-45(9,43(36)55)59-20-18-31(57-12)25(4)41(60-29(8)49)27(6)38(52)26(5)37(51)23(2)16-15-17-24(3)44(56)46-30/h15-18,20-21,23,25-27,31,37-38,41,51-54H,13-14,19,22H2,1-12H3,(H,46,56)/b16-15+,20-18+,24-17-/t23-,25+,26+,27+,31-,37-,38+,41+,45-/m0/s1. The van der Waals surface area contributed by atoms with Gasteiger partial charge in [0.1, 0.15) is 23.4 Å². The second kappa shape index (κ2) is 20.1. The fourth-order valence-electron chi connectivity index (χ4n) is 7.82. The number of phenolic OH excluding ortho intramolecular Hbond substituents is 2. The van der Waals surface area contributed by atoms with Crippen LogP contribution in [0.15, 0.2) is 42.2 Å². The van der Waals surface area contributed by atoms with Crippen LogP contribution in [0.4, 0.5) is 5.69 Å². The quantitative estimate of drug-likeness (QED) is 0.119. The van der Waals surface area contributed by atoms with Crippen molar-refractivity contribution < 1.29 is 63.3 Å². The van der Waals surface area contributed by atoms with Crippen molar-refractivity contribution in [1.82, 2.24) is 10.0 Å². The maximum atomic E-state index is 14.6. The molecule has 61 heavy (non-hydrogen) atoms. The highest BCUT2D eigenvalue weighted by Crippen LogP contribution is 2.54. The van der Waals surface area contributed by atoms with E-state index in [4.69, 9.17) is 23.7 Å². The molecule has 0 radical (unpaired) electrons. The molecule has 2 aromatic rings. The van der Waals surface area contributed by atoms with E-state index in [1.54, 1.807) is 59.0 Å². The Bertz CT molecular complexity index is 2060. The SMILES string of the molecule is CCCCN(C(=O)COc1cc2c(O)c3c(O)c(C)c4c(c13)C(=O)[C@@](C)(O/C=C/[C@H](OC)[C@@H](C)[C@@H](OC(C)=O)[C@H](C)[C@H](O)[C@H](C)[C@@H](O)[C@@H](C)/C=C/C=C(/C)C(=O)N2)O4)N(C)C. The van der Waals surface area contributed by atoms with Gasteiger partial charge in [0.15, 0.2) is 12.4 Å². The zero-order valence-corrected chi connectivity index (χ0v) is 37.3. The first kappa shape index (κ1) is 48.5. The molecule has 3 heterocycles. The van der Waals surface area contributed by atoms with E-state index in [1.807, 2.05) is 6.92 Å². The molecule has 9 atom stereocenters. The van der Waals surface area contributed by atoms with Gasteiger partial charge in [-0.25, -0.2) is 5.01 Å². The largest absolute Gasteiger partial charge is 0.507 e. The number of esters is 1. The molecule has 0 saturated heterocycles. The number of nitrogens with one attached hydrogen (secondary N) is 1. The van der Waals surface area contributed by atoms with Crippen molar-refractivity contribution in [2.45, 2.75) is 105 Å². The van der Waals surface area contributed by atoms with Crippen molar-refractivity contribution in [2.75, 3.05) is 39.7 Å². The van der Waals surface area contributed by atoms with Gasteiger partial charge in [-0.15, -0.1) is 0 Å². The van der Waals surface area contributed by atoms with Crippen LogP contribution < -0.4 is 14.8 Å². The maximum absolute atomic E-state index is 14.6. The van der Waals surface area contributed by atoms with Gasteiger partial charge in [0.25, 0.3) is 17.6 Å². The van der Waals surface area contributed by atoms with Gasteiger partial charge in [0.05, 0.1) is 41.2 Å². The summed E-state index contributed by atoms with van der Waals surface area (Å²) in [6.07, 6.45) is 5.14. The van der Waals surface area contributed by atoms with Crippen LogP contribution in [0.3, 0.4) is 0 Å². The van der Waals surface area contributed by atoms with E-state index in [0.717, 1.165) is 12.8 Å². The fourth-order valence-corrected chi connectivity index (χ4v) is 7.82. The summed E-state index contributed by atoms with van der Waals surface area (Å²) in [5.74, 6) is -8.13. The number of allylic oxidation sites excluding steroid dienone is 2. The number of carbonyl (C=O) groups is 4. The second-order valence-corrected chi connectivity index (χ2v) is 16.4. The lowest BCUT2D eigenvalue weighted by atomic mass is 9.78. The van der Waals surface area contributed by atoms with E-state index in [1.165, 1.54) is 64.3 Å². The minimum absolute atomic E-state index is 0.0628. The number of fused-ring (bicyclic) bond motifs is 14. The van der Waals surface area contributed by atoms with Crippen molar-refractivity contribution in [3.05, 3.63) is 53.3 Å². The number of anilines is 1. The molecule has 0 spiro atoms. The van der Waals surface area contributed by atoms with Crippen molar-refractivity contribution in [1.29, 1.82) is 0 Å². The van der Waals surface area contributed by atoms with Gasteiger partial charge in [0.2, 0.25) is 0 Å². The highest BCUT2D eigenvalue weighted by molar-refractivity contribution is 6.21. The number of Topliss-reactive ketones (excluding diaryl/α,β-unsaturated/α-hetero) is 1. The molecule has 2 amide bonds. The number of methoxy groups -OCH3 is 1. The van der Waals surface area contributed by atoms with Crippen LogP contribution in [0.25, 0.3) is 10.8 Å². The van der Waals surface area contributed by atoms with Crippen LogP contribution in [-0.4, -0.2) is 119 Å². The molecule has 0 aliphatic carbocycles. The Hall–Kier alpha value is -5.16. The smallest absolute Gasteiger partial charge is 0.312 e. The van der Waals surface area contributed by atoms with Crippen LogP contribution in [0.5, 0.6) is 23.0 Å². The Morgan fingerprint density at radius 2 is 1.64 bits per heavy atom. The molecule has 0 aromatic heterocycles. The molecule has 336 valence electrons. The van der Waals surface area contributed by atoms with E-state index in [9.17, 15) is 39.6 Å². The molecular formula is C45H63N3O13. The number of ketones is 1. The zero-order chi connectivity index (χ0) is 45.7. The summed E-state index contributed by atoms with van der Waals surface area (Å²) in [4.78, 5) is 54.1. The Labute approximate surface area is 357 Å². The average Bonchev–Trinajstić information content (AvgIpc) is 3.47. The predicted molar refractivity (Wildman–Crippen MR) is 228 cm³/mol. The lowest BCUT2D eigenvalue weighted by Gasteiger charge is -2.38. The van der Waals surface area contributed by atoms with Crippen LogP contribution >= 0.6 is 0 Å². The molecule has 5 N–H and O–H groups in total. The molecule has 16 nitrogen and oxygen atoms in total. The van der Waals surface area contributed by atoms with Gasteiger partial charge < -0.3 is 49.4 Å². The summed E-state index contributed by atoms with van der Waals surface area (Å²) in [5.41, 5.74) is -0.0304. The monoisotopic (exact) mass is 853 g/mol. The first-order valence-corrected chi connectivity index (χ1v) is 20.6. The van der Waals surface area contributed by atoms with E-state index in [-0.39, 0.29) is 44.7 Å². The van der Waals surface area contributed by atoms with Gasteiger partial charge in [-0.3, -0.25) is 24.2 Å². The highest BCUT2D eigenvalue weighted by Gasteiger charge is 2.50. The number of hydrazine groups is 1. The molecule has 0 unspecified atom stereocenters. The number of benzene rings is 2. The fraction of sp³-hybridized carbons (Fsp3) is 0.556.